The molecule has 0 bridgehead atoms. The van der Waals surface area contributed by atoms with Crippen LogP contribution >= 0.6 is 11.6 Å². The van der Waals surface area contributed by atoms with E-state index in [1.54, 1.807) is 15.6 Å². The van der Waals surface area contributed by atoms with E-state index in [9.17, 15) is 4.79 Å². The average molecular weight is 338 g/mol. The fourth-order valence-electron chi connectivity index (χ4n) is 2.45. The maximum atomic E-state index is 12.1. The second-order valence-corrected chi connectivity index (χ2v) is 6.88. The quantitative estimate of drug-likeness (QED) is 0.799. The molecule has 7 nitrogen and oxygen atoms in total. The molecule has 0 aliphatic carbocycles. The van der Waals surface area contributed by atoms with Crippen molar-refractivity contribution in [3.8, 4) is 0 Å². The molecule has 0 aromatic carbocycles. The highest BCUT2D eigenvalue weighted by atomic mass is 35.5. The summed E-state index contributed by atoms with van der Waals surface area (Å²) in [5.41, 5.74) is 0.241. The Kier molecular flexibility index (Phi) is 4.06. The minimum atomic E-state index is -0.473. The van der Waals surface area contributed by atoms with Crippen LogP contribution in [0.15, 0.2) is 18.3 Å². The molecule has 2 aromatic rings. The van der Waals surface area contributed by atoms with Gasteiger partial charge in [-0.15, -0.1) is 5.10 Å². The number of amides is 1. The summed E-state index contributed by atoms with van der Waals surface area (Å²) in [5, 5.41) is 4.98. The van der Waals surface area contributed by atoms with Gasteiger partial charge in [0, 0.05) is 26.2 Å². The van der Waals surface area contributed by atoms with Gasteiger partial charge in [-0.3, -0.25) is 0 Å². The van der Waals surface area contributed by atoms with Crippen LogP contribution in [0.25, 0.3) is 5.65 Å². The molecule has 3 heterocycles. The smallest absolute Gasteiger partial charge is 0.410 e. The van der Waals surface area contributed by atoms with Crippen molar-refractivity contribution in [2.24, 2.45) is 0 Å². The number of aromatic nitrogens is 3. The monoisotopic (exact) mass is 337 g/mol. The van der Waals surface area contributed by atoms with Gasteiger partial charge in [0.25, 0.3) is 0 Å². The number of hydrogen-bond acceptors (Lipinski definition) is 5. The molecule has 0 unspecified atom stereocenters. The number of halogens is 1. The third kappa shape index (κ3) is 3.50. The molecule has 1 fully saturated rings. The normalized spacial score (nSPS) is 16.0. The van der Waals surface area contributed by atoms with E-state index in [4.69, 9.17) is 16.3 Å². The van der Waals surface area contributed by atoms with Gasteiger partial charge in [0.2, 0.25) is 0 Å². The van der Waals surface area contributed by atoms with Crippen LogP contribution in [0.1, 0.15) is 20.8 Å². The standard InChI is InChI=1S/C15H20ClN5O2/c1-15(2,3)23-14(22)20-8-6-19(7-9-20)13-5-4-12-17-10-11(16)21(12)18-13/h4-5,10H,6-9H2,1-3H3. The molecule has 1 aliphatic heterocycles. The first kappa shape index (κ1) is 15.9. The number of carbonyl (C=O) groups is 1. The SMILES string of the molecule is CC(C)(C)OC(=O)N1CCN(c2ccc3ncc(Cl)n3n2)CC1. The molecule has 3 rings (SSSR count). The van der Waals surface area contributed by atoms with Gasteiger partial charge in [-0.2, -0.15) is 0 Å². The number of ether oxygens (including phenoxy) is 1. The zero-order chi connectivity index (χ0) is 16.6. The van der Waals surface area contributed by atoms with Gasteiger partial charge in [-0.25, -0.2) is 14.3 Å². The van der Waals surface area contributed by atoms with Crippen LogP contribution in [0.2, 0.25) is 5.15 Å². The number of piperazine rings is 1. The van der Waals surface area contributed by atoms with E-state index in [-0.39, 0.29) is 6.09 Å². The molecule has 2 aromatic heterocycles. The molecule has 0 saturated carbocycles. The molecular weight excluding hydrogens is 318 g/mol. The Balaban J connectivity index is 1.66. The number of nitrogens with zero attached hydrogens (tertiary/aromatic N) is 5. The second-order valence-electron chi connectivity index (χ2n) is 6.50. The molecule has 0 radical (unpaired) electrons. The third-order valence-corrected chi connectivity index (χ3v) is 3.82. The summed E-state index contributed by atoms with van der Waals surface area (Å²) >= 11 is 6.06. The summed E-state index contributed by atoms with van der Waals surface area (Å²) in [6, 6.07) is 3.80. The highest BCUT2D eigenvalue weighted by Crippen LogP contribution is 2.18. The topological polar surface area (TPSA) is 63.0 Å². The Morgan fingerprint density at radius 2 is 1.91 bits per heavy atom. The van der Waals surface area contributed by atoms with Crippen LogP contribution in [0, 0.1) is 0 Å². The highest BCUT2D eigenvalue weighted by Gasteiger charge is 2.26. The van der Waals surface area contributed by atoms with E-state index in [0.717, 1.165) is 5.82 Å². The minimum absolute atomic E-state index is 0.266. The summed E-state index contributed by atoms with van der Waals surface area (Å²) in [6.45, 7) is 8.21. The van der Waals surface area contributed by atoms with Crippen LogP contribution in [0.3, 0.4) is 0 Å². The largest absolute Gasteiger partial charge is 0.444 e. The molecule has 0 spiro atoms. The maximum Gasteiger partial charge on any atom is 0.410 e. The number of imidazole rings is 1. The van der Waals surface area contributed by atoms with Crippen molar-refractivity contribution in [2.75, 3.05) is 31.1 Å². The lowest BCUT2D eigenvalue weighted by Crippen LogP contribution is -2.50. The molecule has 1 aliphatic rings. The van der Waals surface area contributed by atoms with Crippen LogP contribution in [-0.4, -0.2) is 57.4 Å². The van der Waals surface area contributed by atoms with Gasteiger partial charge >= 0.3 is 6.09 Å². The number of rotatable bonds is 1. The predicted molar refractivity (Wildman–Crippen MR) is 88.0 cm³/mol. The van der Waals surface area contributed by atoms with E-state index in [2.05, 4.69) is 15.0 Å². The molecule has 0 N–H and O–H groups in total. The van der Waals surface area contributed by atoms with Gasteiger partial charge < -0.3 is 14.5 Å². The molecule has 1 saturated heterocycles. The van der Waals surface area contributed by atoms with Crippen LogP contribution in [0.4, 0.5) is 10.6 Å². The van der Waals surface area contributed by atoms with Crippen molar-refractivity contribution in [2.45, 2.75) is 26.4 Å². The number of anilines is 1. The molecule has 8 heteroatoms. The number of fused-ring (bicyclic) bond motifs is 1. The lowest BCUT2D eigenvalue weighted by atomic mass is 10.2. The fourth-order valence-corrected chi connectivity index (χ4v) is 2.62. The van der Waals surface area contributed by atoms with Crippen molar-refractivity contribution in [3.63, 3.8) is 0 Å². The minimum Gasteiger partial charge on any atom is -0.444 e. The van der Waals surface area contributed by atoms with Crippen LogP contribution in [0.5, 0.6) is 0 Å². The summed E-state index contributed by atoms with van der Waals surface area (Å²) in [7, 11) is 0. The highest BCUT2D eigenvalue weighted by molar-refractivity contribution is 6.29. The molecular formula is C15H20ClN5O2. The van der Waals surface area contributed by atoms with Gasteiger partial charge in [0.1, 0.15) is 11.4 Å². The molecule has 124 valence electrons. The summed E-state index contributed by atoms with van der Waals surface area (Å²) in [6.07, 6.45) is 1.31. The average Bonchev–Trinajstić information content (AvgIpc) is 2.87. The van der Waals surface area contributed by atoms with E-state index in [1.807, 2.05) is 32.9 Å². The summed E-state index contributed by atoms with van der Waals surface area (Å²) in [5.74, 6) is 0.821. The summed E-state index contributed by atoms with van der Waals surface area (Å²) < 4.78 is 7.01. The Labute approximate surface area is 139 Å². The van der Waals surface area contributed by atoms with Crippen LogP contribution in [-0.2, 0) is 4.74 Å². The lowest BCUT2D eigenvalue weighted by molar-refractivity contribution is 0.0240. The third-order valence-electron chi connectivity index (χ3n) is 3.56. The Hall–Kier alpha value is -2.02. The van der Waals surface area contributed by atoms with Gasteiger partial charge in [0.05, 0.1) is 6.20 Å². The zero-order valence-corrected chi connectivity index (χ0v) is 14.2. The van der Waals surface area contributed by atoms with Gasteiger partial charge in [-0.05, 0) is 32.9 Å². The van der Waals surface area contributed by atoms with E-state index in [0.29, 0.717) is 37.0 Å². The first-order valence-electron chi connectivity index (χ1n) is 7.57. The van der Waals surface area contributed by atoms with E-state index < -0.39 is 5.60 Å². The van der Waals surface area contributed by atoms with E-state index >= 15 is 0 Å². The van der Waals surface area contributed by atoms with E-state index in [1.165, 1.54) is 0 Å². The van der Waals surface area contributed by atoms with Gasteiger partial charge in [0.15, 0.2) is 10.8 Å². The Morgan fingerprint density at radius 1 is 1.22 bits per heavy atom. The molecule has 23 heavy (non-hydrogen) atoms. The second kappa shape index (κ2) is 5.88. The van der Waals surface area contributed by atoms with Gasteiger partial charge in [-0.1, -0.05) is 11.6 Å². The van der Waals surface area contributed by atoms with Crippen molar-refractivity contribution in [1.82, 2.24) is 19.5 Å². The van der Waals surface area contributed by atoms with Crippen molar-refractivity contribution in [3.05, 3.63) is 23.5 Å². The number of carbonyl (C=O) groups excluding carboxylic acids is 1. The first-order chi connectivity index (χ1) is 10.8. The lowest BCUT2D eigenvalue weighted by Gasteiger charge is -2.36. The van der Waals surface area contributed by atoms with Crippen molar-refractivity contribution < 1.29 is 9.53 Å². The Morgan fingerprint density at radius 3 is 2.57 bits per heavy atom. The van der Waals surface area contributed by atoms with Crippen molar-refractivity contribution in [1.29, 1.82) is 0 Å². The first-order valence-corrected chi connectivity index (χ1v) is 7.94. The number of hydrogen-bond donors (Lipinski definition) is 0. The predicted octanol–water partition coefficient (Wildman–Crippen LogP) is 2.44. The summed E-state index contributed by atoms with van der Waals surface area (Å²) in [4.78, 5) is 20.1. The zero-order valence-electron chi connectivity index (χ0n) is 13.5. The fraction of sp³-hybridized carbons (Fsp3) is 0.533. The van der Waals surface area contributed by atoms with Crippen LogP contribution < -0.4 is 4.90 Å². The Bertz CT molecular complexity index is 716. The van der Waals surface area contributed by atoms with Crippen molar-refractivity contribution >= 4 is 29.2 Å². The molecule has 0 atom stereocenters. The maximum absolute atomic E-state index is 12.1. The molecule has 1 amide bonds.